The van der Waals surface area contributed by atoms with E-state index >= 15 is 0 Å². The van der Waals surface area contributed by atoms with E-state index in [4.69, 9.17) is 5.73 Å². The normalized spacial score (nSPS) is 12.9. The molecule has 0 aliphatic carbocycles. The first-order valence-corrected chi connectivity index (χ1v) is 7.55. The van der Waals surface area contributed by atoms with Crippen LogP contribution >= 0.6 is 11.3 Å². The molecule has 2 heterocycles. The number of nitrogen functional groups attached to an aromatic ring is 1. The molecule has 0 saturated carbocycles. The average molecular weight is 278 g/mol. The Bertz CT molecular complexity index is 528. The Morgan fingerprint density at radius 1 is 1.42 bits per heavy atom. The molecule has 5 heteroatoms. The van der Waals surface area contributed by atoms with E-state index in [1.165, 1.54) is 5.56 Å². The molecule has 0 bridgehead atoms. The second kappa shape index (κ2) is 5.65. The quantitative estimate of drug-likeness (QED) is 0.880. The monoisotopic (exact) mass is 278 g/mol. The molecule has 1 atom stereocenters. The maximum absolute atomic E-state index is 6.12. The van der Waals surface area contributed by atoms with Crippen molar-refractivity contribution in [2.45, 2.75) is 46.2 Å². The fourth-order valence-corrected chi connectivity index (χ4v) is 2.81. The fourth-order valence-electron chi connectivity index (χ4n) is 2.12. The Hall–Kier alpha value is -1.49. The van der Waals surface area contributed by atoms with Crippen LogP contribution in [0.5, 0.6) is 0 Å². The van der Waals surface area contributed by atoms with Crippen LogP contribution in [0.15, 0.2) is 16.8 Å². The van der Waals surface area contributed by atoms with Crippen LogP contribution in [0.4, 0.5) is 11.5 Å². The van der Waals surface area contributed by atoms with Gasteiger partial charge in [-0.2, -0.15) is 16.4 Å². The predicted molar refractivity (Wildman–Crippen MR) is 82.9 cm³/mol. The lowest BCUT2D eigenvalue weighted by Gasteiger charge is -2.18. The third kappa shape index (κ3) is 3.10. The van der Waals surface area contributed by atoms with Crippen molar-refractivity contribution in [2.75, 3.05) is 11.1 Å². The number of anilines is 2. The van der Waals surface area contributed by atoms with Gasteiger partial charge in [0.25, 0.3) is 0 Å². The maximum atomic E-state index is 6.12. The molecule has 2 aromatic heterocycles. The van der Waals surface area contributed by atoms with E-state index in [1.54, 1.807) is 11.3 Å². The van der Waals surface area contributed by atoms with Gasteiger partial charge in [0.2, 0.25) is 0 Å². The van der Waals surface area contributed by atoms with Crippen molar-refractivity contribution >= 4 is 22.8 Å². The molecule has 2 rings (SSSR count). The molecule has 104 valence electrons. The number of hydrogen-bond donors (Lipinski definition) is 2. The molecule has 0 aromatic carbocycles. The van der Waals surface area contributed by atoms with Gasteiger partial charge in [-0.05, 0) is 56.5 Å². The van der Waals surface area contributed by atoms with Crippen molar-refractivity contribution in [1.29, 1.82) is 0 Å². The number of aromatic nitrogens is 2. The number of nitrogens with one attached hydrogen (secondary N) is 1. The lowest BCUT2D eigenvalue weighted by atomic mass is 10.1. The minimum atomic E-state index is 0.298. The van der Waals surface area contributed by atoms with Gasteiger partial charge in [-0.15, -0.1) is 0 Å². The van der Waals surface area contributed by atoms with Gasteiger partial charge in [0.05, 0.1) is 11.4 Å². The SMILES string of the molecule is Cc1nn(C(C)C)c(NC(C)Cc2ccsc2)c1N. The third-order valence-corrected chi connectivity index (χ3v) is 3.86. The molecular weight excluding hydrogens is 256 g/mol. The molecule has 0 fully saturated rings. The first-order valence-electron chi connectivity index (χ1n) is 6.61. The molecule has 1 unspecified atom stereocenters. The van der Waals surface area contributed by atoms with E-state index in [0.29, 0.717) is 12.1 Å². The van der Waals surface area contributed by atoms with Gasteiger partial charge in [-0.3, -0.25) is 0 Å². The summed E-state index contributed by atoms with van der Waals surface area (Å²) in [6.07, 6.45) is 0.991. The summed E-state index contributed by atoms with van der Waals surface area (Å²) in [5.41, 5.74) is 9.12. The maximum Gasteiger partial charge on any atom is 0.148 e. The smallest absolute Gasteiger partial charge is 0.148 e. The van der Waals surface area contributed by atoms with Crippen molar-refractivity contribution in [2.24, 2.45) is 0 Å². The van der Waals surface area contributed by atoms with Crippen molar-refractivity contribution in [3.63, 3.8) is 0 Å². The van der Waals surface area contributed by atoms with Gasteiger partial charge in [-0.1, -0.05) is 0 Å². The van der Waals surface area contributed by atoms with Crippen LogP contribution in [-0.2, 0) is 6.42 Å². The fraction of sp³-hybridized carbons (Fsp3) is 0.500. The number of nitrogens with two attached hydrogens (primary N) is 1. The highest BCUT2D eigenvalue weighted by Crippen LogP contribution is 2.26. The second-order valence-corrected chi connectivity index (χ2v) is 6.05. The molecule has 0 spiro atoms. The first-order chi connectivity index (χ1) is 8.99. The lowest BCUT2D eigenvalue weighted by molar-refractivity contribution is 0.531. The number of rotatable bonds is 5. The highest BCUT2D eigenvalue weighted by molar-refractivity contribution is 7.07. The summed E-state index contributed by atoms with van der Waals surface area (Å²) in [7, 11) is 0. The number of aryl methyl sites for hydroxylation is 1. The summed E-state index contributed by atoms with van der Waals surface area (Å²) in [6, 6.07) is 2.79. The van der Waals surface area contributed by atoms with E-state index in [2.05, 4.69) is 48.0 Å². The van der Waals surface area contributed by atoms with E-state index in [0.717, 1.165) is 23.6 Å². The van der Waals surface area contributed by atoms with Gasteiger partial charge < -0.3 is 11.1 Å². The minimum Gasteiger partial charge on any atom is -0.394 e. The van der Waals surface area contributed by atoms with Gasteiger partial charge in [0.15, 0.2) is 0 Å². The van der Waals surface area contributed by atoms with E-state index in [9.17, 15) is 0 Å². The van der Waals surface area contributed by atoms with Crippen LogP contribution in [0.1, 0.15) is 38.1 Å². The number of thiophene rings is 1. The summed E-state index contributed by atoms with van der Waals surface area (Å²) in [6.45, 7) is 8.34. The molecule has 0 amide bonds. The second-order valence-electron chi connectivity index (χ2n) is 5.27. The Kier molecular flexibility index (Phi) is 4.14. The van der Waals surface area contributed by atoms with Gasteiger partial charge >= 0.3 is 0 Å². The highest BCUT2D eigenvalue weighted by atomic mass is 32.1. The van der Waals surface area contributed by atoms with Crippen LogP contribution in [0.3, 0.4) is 0 Å². The van der Waals surface area contributed by atoms with Crippen molar-refractivity contribution < 1.29 is 0 Å². The van der Waals surface area contributed by atoms with Crippen LogP contribution in [0.2, 0.25) is 0 Å². The molecule has 4 nitrogen and oxygen atoms in total. The zero-order chi connectivity index (χ0) is 14.0. The standard InChI is InChI=1S/C14H22N4S/c1-9(2)18-14(13(15)11(4)17-18)16-10(3)7-12-5-6-19-8-12/h5-6,8-10,16H,7,15H2,1-4H3. The molecule has 2 aromatic rings. The summed E-state index contributed by atoms with van der Waals surface area (Å²) in [4.78, 5) is 0. The summed E-state index contributed by atoms with van der Waals surface area (Å²) >= 11 is 1.73. The summed E-state index contributed by atoms with van der Waals surface area (Å²) in [5.74, 6) is 0.940. The van der Waals surface area contributed by atoms with Gasteiger partial charge in [-0.25, -0.2) is 4.68 Å². The third-order valence-electron chi connectivity index (χ3n) is 3.13. The van der Waals surface area contributed by atoms with Crippen LogP contribution < -0.4 is 11.1 Å². The molecule has 0 aliphatic heterocycles. The average Bonchev–Trinajstić information content (AvgIpc) is 2.92. The highest BCUT2D eigenvalue weighted by Gasteiger charge is 2.16. The Labute approximate surface area is 118 Å². The van der Waals surface area contributed by atoms with Crippen LogP contribution in [0, 0.1) is 6.92 Å². The number of hydrogen-bond acceptors (Lipinski definition) is 4. The van der Waals surface area contributed by atoms with Crippen LogP contribution in [-0.4, -0.2) is 15.8 Å². The molecule has 0 saturated heterocycles. The summed E-state index contributed by atoms with van der Waals surface area (Å²) in [5, 5.41) is 12.3. The molecule has 0 radical (unpaired) electrons. The van der Waals surface area contributed by atoms with E-state index < -0.39 is 0 Å². The topological polar surface area (TPSA) is 55.9 Å². The summed E-state index contributed by atoms with van der Waals surface area (Å²) < 4.78 is 1.97. The minimum absolute atomic E-state index is 0.298. The van der Waals surface area contributed by atoms with Crippen molar-refractivity contribution in [3.05, 3.63) is 28.1 Å². The largest absolute Gasteiger partial charge is 0.394 e. The van der Waals surface area contributed by atoms with E-state index in [1.807, 2.05) is 11.6 Å². The van der Waals surface area contributed by atoms with Gasteiger partial charge in [0, 0.05) is 12.1 Å². The Morgan fingerprint density at radius 3 is 2.74 bits per heavy atom. The molecular formula is C14H22N4S. The zero-order valence-corrected chi connectivity index (χ0v) is 12.8. The van der Waals surface area contributed by atoms with Crippen molar-refractivity contribution in [1.82, 2.24) is 9.78 Å². The number of nitrogens with zero attached hydrogens (tertiary/aromatic N) is 2. The Balaban J connectivity index is 2.14. The Morgan fingerprint density at radius 2 is 2.16 bits per heavy atom. The van der Waals surface area contributed by atoms with Crippen molar-refractivity contribution in [3.8, 4) is 0 Å². The molecule has 0 aliphatic rings. The lowest BCUT2D eigenvalue weighted by Crippen LogP contribution is -2.21. The van der Waals surface area contributed by atoms with E-state index in [-0.39, 0.29) is 0 Å². The molecule has 3 N–H and O–H groups in total. The zero-order valence-electron chi connectivity index (χ0n) is 12.0. The molecule has 19 heavy (non-hydrogen) atoms. The van der Waals surface area contributed by atoms with Gasteiger partial charge in [0.1, 0.15) is 5.82 Å². The predicted octanol–water partition coefficient (Wildman–Crippen LogP) is 3.46. The van der Waals surface area contributed by atoms with Crippen LogP contribution in [0.25, 0.3) is 0 Å². The first kappa shape index (κ1) is 13.9.